The third-order valence-electron chi connectivity index (χ3n) is 3.72. The minimum atomic E-state index is -0.921. The summed E-state index contributed by atoms with van der Waals surface area (Å²) in [5.41, 5.74) is 6.97. The van der Waals surface area contributed by atoms with E-state index in [0.717, 1.165) is 5.56 Å². The van der Waals surface area contributed by atoms with Crippen molar-refractivity contribution in [2.24, 2.45) is 5.73 Å². The summed E-state index contributed by atoms with van der Waals surface area (Å²) < 4.78 is 22.2. The predicted octanol–water partition coefficient (Wildman–Crippen LogP) is 0.160. The first-order chi connectivity index (χ1) is 9.70. The molecule has 1 unspecified atom stereocenters. The molecule has 2 fully saturated rings. The molecule has 0 aromatic heterocycles. The third-order valence-corrected chi connectivity index (χ3v) is 3.72. The molecule has 0 radical (unpaired) electrons. The Labute approximate surface area is 117 Å². The average molecular weight is 281 g/mol. The Morgan fingerprint density at radius 2 is 2.00 bits per heavy atom. The topological polar surface area (TPSA) is 83.2 Å². The number of benzene rings is 1. The highest BCUT2D eigenvalue weighted by Crippen LogP contribution is 2.33. The molecule has 6 nitrogen and oxygen atoms in total. The van der Waals surface area contributed by atoms with Gasteiger partial charge in [-0.05, 0) is 0 Å². The van der Waals surface area contributed by atoms with Gasteiger partial charge in [-0.15, -0.1) is 0 Å². The second-order valence-corrected chi connectivity index (χ2v) is 5.02. The van der Waals surface area contributed by atoms with Crippen molar-refractivity contribution >= 4 is 0 Å². The highest BCUT2D eigenvalue weighted by Gasteiger charge is 2.48. The van der Waals surface area contributed by atoms with Crippen LogP contribution in [0.2, 0.25) is 0 Å². The van der Waals surface area contributed by atoms with Gasteiger partial charge in [-0.25, -0.2) is 0 Å². The molecule has 6 heteroatoms. The van der Waals surface area contributed by atoms with Crippen molar-refractivity contribution in [2.45, 2.75) is 36.9 Å². The standard InChI is InChI=1S/C14H19NO5/c1-17-14-11(16)10(15)12-9(19-14)7-18-13(20-12)8-5-3-2-4-6-8/h2-6,9-14,16H,7,15H2,1H3/t9-,10-,11-,12-,13?,14+/m1/s1. The lowest BCUT2D eigenvalue weighted by molar-refractivity contribution is -0.338. The van der Waals surface area contributed by atoms with Crippen LogP contribution in [0.3, 0.4) is 0 Å². The molecule has 0 amide bonds. The monoisotopic (exact) mass is 281 g/mol. The maximum absolute atomic E-state index is 10.0. The van der Waals surface area contributed by atoms with E-state index in [-0.39, 0.29) is 6.10 Å². The number of rotatable bonds is 2. The molecular formula is C14H19NO5. The molecule has 6 atom stereocenters. The van der Waals surface area contributed by atoms with Crippen LogP contribution in [0.5, 0.6) is 0 Å². The highest BCUT2D eigenvalue weighted by molar-refractivity contribution is 5.16. The van der Waals surface area contributed by atoms with E-state index in [1.165, 1.54) is 7.11 Å². The quantitative estimate of drug-likeness (QED) is 0.803. The summed E-state index contributed by atoms with van der Waals surface area (Å²) in [6.07, 6.45) is -2.91. The Morgan fingerprint density at radius 3 is 2.70 bits per heavy atom. The first kappa shape index (κ1) is 13.9. The minimum Gasteiger partial charge on any atom is -0.386 e. The van der Waals surface area contributed by atoms with Crippen LogP contribution in [0.4, 0.5) is 0 Å². The van der Waals surface area contributed by atoms with Gasteiger partial charge in [0, 0.05) is 12.7 Å². The Hall–Kier alpha value is -1.02. The molecule has 1 aromatic rings. The number of aliphatic hydroxyl groups excluding tert-OH is 1. The molecule has 0 aliphatic carbocycles. The number of ether oxygens (including phenoxy) is 4. The Morgan fingerprint density at radius 1 is 1.25 bits per heavy atom. The van der Waals surface area contributed by atoms with E-state index in [2.05, 4.69) is 0 Å². The van der Waals surface area contributed by atoms with E-state index in [1.54, 1.807) is 0 Å². The minimum absolute atomic E-state index is 0.335. The fourth-order valence-electron chi connectivity index (χ4n) is 2.61. The van der Waals surface area contributed by atoms with Crippen molar-refractivity contribution in [3.8, 4) is 0 Å². The van der Waals surface area contributed by atoms with Crippen LogP contribution in [0.15, 0.2) is 30.3 Å². The summed E-state index contributed by atoms with van der Waals surface area (Å²) in [7, 11) is 1.47. The van der Waals surface area contributed by atoms with E-state index in [1.807, 2.05) is 30.3 Å². The number of fused-ring (bicyclic) bond motifs is 1. The fourth-order valence-corrected chi connectivity index (χ4v) is 2.61. The average Bonchev–Trinajstić information content (AvgIpc) is 2.51. The smallest absolute Gasteiger partial charge is 0.185 e. The van der Waals surface area contributed by atoms with Crippen LogP contribution >= 0.6 is 0 Å². The summed E-state index contributed by atoms with van der Waals surface area (Å²) in [6, 6.07) is 9.04. The molecule has 2 heterocycles. The zero-order valence-electron chi connectivity index (χ0n) is 11.2. The van der Waals surface area contributed by atoms with Crippen molar-refractivity contribution in [1.82, 2.24) is 0 Å². The Kier molecular flexibility index (Phi) is 4.02. The zero-order chi connectivity index (χ0) is 14.1. The van der Waals surface area contributed by atoms with Crippen LogP contribution in [-0.2, 0) is 18.9 Å². The van der Waals surface area contributed by atoms with Crippen molar-refractivity contribution in [3.63, 3.8) is 0 Å². The number of methoxy groups -OCH3 is 1. The third kappa shape index (κ3) is 2.46. The Bertz CT molecular complexity index is 440. The lowest BCUT2D eigenvalue weighted by Crippen LogP contribution is -2.65. The highest BCUT2D eigenvalue weighted by atomic mass is 16.7. The van der Waals surface area contributed by atoms with Crippen molar-refractivity contribution in [1.29, 1.82) is 0 Å². The molecular weight excluding hydrogens is 262 g/mol. The molecule has 20 heavy (non-hydrogen) atoms. The molecule has 2 saturated heterocycles. The maximum Gasteiger partial charge on any atom is 0.185 e. The molecule has 0 saturated carbocycles. The molecule has 3 N–H and O–H groups in total. The van der Waals surface area contributed by atoms with Gasteiger partial charge < -0.3 is 29.8 Å². The summed E-state index contributed by atoms with van der Waals surface area (Å²) >= 11 is 0. The lowest BCUT2D eigenvalue weighted by atomic mass is 9.96. The van der Waals surface area contributed by atoms with Gasteiger partial charge in [-0.2, -0.15) is 0 Å². The van der Waals surface area contributed by atoms with Crippen LogP contribution in [0.1, 0.15) is 11.9 Å². The first-order valence-corrected chi connectivity index (χ1v) is 6.64. The second kappa shape index (κ2) is 5.77. The number of aliphatic hydroxyl groups is 1. The lowest BCUT2D eigenvalue weighted by Gasteiger charge is -2.46. The van der Waals surface area contributed by atoms with E-state index >= 15 is 0 Å². The van der Waals surface area contributed by atoms with Gasteiger partial charge in [0.2, 0.25) is 0 Å². The molecule has 2 aliphatic rings. The summed E-state index contributed by atoms with van der Waals surface area (Å²) in [5.74, 6) is 0. The molecule has 110 valence electrons. The van der Waals surface area contributed by atoms with Gasteiger partial charge in [0.1, 0.15) is 18.3 Å². The zero-order valence-corrected chi connectivity index (χ0v) is 11.2. The SMILES string of the molecule is CO[C@H]1O[C@@H]2COC(c3ccccc3)O[C@H]2[C@H](N)[C@H]1O. The number of hydrogen-bond acceptors (Lipinski definition) is 6. The van der Waals surface area contributed by atoms with Crippen LogP contribution in [0.25, 0.3) is 0 Å². The normalized spacial score (nSPS) is 41.1. The van der Waals surface area contributed by atoms with Crippen LogP contribution < -0.4 is 5.73 Å². The second-order valence-electron chi connectivity index (χ2n) is 5.02. The van der Waals surface area contributed by atoms with Gasteiger partial charge in [0.15, 0.2) is 12.6 Å². The molecule has 1 aromatic carbocycles. The fraction of sp³-hybridized carbons (Fsp3) is 0.571. The van der Waals surface area contributed by atoms with Gasteiger partial charge in [-0.3, -0.25) is 0 Å². The predicted molar refractivity (Wildman–Crippen MR) is 69.7 cm³/mol. The van der Waals surface area contributed by atoms with Gasteiger partial charge in [0.05, 0.1) is 12.6 Å². The van der Waals surface area contributed by atoms with Crippen molar-refractivity contribution in [3.05, 3.63) is 35.9 Å². The molecule has 0 bridgehead atoms. The van der Waals surface area contributed by atoms with Crippen LogP contribution in [0, 0.1) is 0 Å². The van der Waals surface area contributed by atoms with Crippen molar-refractivity contribution in [2.75, 3.05) is 13.7 Å². The molecule has 3 rings (SSSR count). The summed E-state index contributed by atoms with van der Waals surface area (Å²) in [5, 5.41) is 10.0. The van der Waals surface area contributed by atoms with Gasteiger partial charge in [-0.1, -0.05) is 30.3 Å². The summed E-state index contributed by atoms with van der Waals surface area (Å²) in [6.45, 7) is 0.352. The van der Waals surface area contributed by atoms with E-state index in [9.17, 15) is 5.11 Å². The molecule has 2 aliphatic heterocycles. The van der Waals surface area contributed by atoms with E-state index < -0.39 is 30.8 Å². The number of hydrogen-bond donors (Lipinski definition) is 2. The number of nitrogens with two attached hydrogens (primary N) is 1. The van der Waals surface area contributed by atoms with Crippen molar-refractivity contribution < 1.29 is 24.1 Å². The van der Waals surface area contributed by atoms with Gasteiger partial charge >= 0.3 is 0 Å². The Balaban J connectivity index is 1.74. The van der Waals surface area contributed by atoms with E-state index in [0.29, 0.717) is 6.61 Å². The first-order valence-electron chi connectivity index (χ1n) is 6.64. The van der Waals surface area contributed by atoms with Gasteiger partial charge in [0.25, 0.3) is 0 Å². The van der Waals surface area contributed by atoms with Crippen LogP contribution in [-0.4, -0.2) is 49.5 Å². The maximum atomic E-state index is 10.0. The van der Waals surface area contributed by atoms with E-state index in [4.69, 9.17) is 24.7 Å². The summed E-state index contributed by atoms with van der Waals surface area (Å²) in [4.78, 5) is 0. The molecule has 0 spiro atoms. The largest absolute Gasteiger partial charge is 0.386 e.